The Labute approximate surface area is 101 Å². The van der Waals surface area contributed by atoms with E-state index in [1.54, 1.807) is 24.3 Å². The molecule has 0 saturated carbocycles. The SMILES string of the molecule is CCN(CC)Cc1ccc(C(=O)C(=O)O)cc1. The van der Waals surface area contributed by atoms with Crippen molar-refractivity contribution in [3.63, 3.8) is 0 Å². The minimum Gasteiger partial charge on any atom is -0.475 e. The minimum absolute atomic E-state index is 0.223. The summed E-state index contributed by atoms with van der Waals surface area (Å²) >= 11 is 0. The average molecular weight is 235 g/mol. The molecule has 0 heterocycles. The summed E-state index contributed by atoms with van der Waals surface area (Å²) in [7, 11) is 0. The van der Waals surface area contributed by atoms with Crippen LogP contribution in [0, 0.1) is 0 Å². The predicted octanol–water partition coefficient (Wildman–Crippen LogP) is 1.80. The van der Waals surface area contributed by atoms with Gasteiger partial charge in [-0.3, -0.25) is 9.69 Å². The van der Waals surface area contributed by atoms with E-state index in [9.17, 15) is 9.59 Å². The minimum atomic E-state index is -1.42. The Kier molecular flexibility index (Phi) is 4.84. The maximum atomic E-state index is 11.2. The van der Waals surface area contributed by atoms with Gasteiger partial charge >= 0.3 is 5.97 Å². The van der Waals surface area contributed by atoms with Gasteiger partial charge in [0.2, 0.25) is 0 Å². The number of carbonyl (C=O) groups excluding carboxylic acids is 1. The van der Waals surface area contributed by atoms with Gasteiger partial charge in [0.15, 0.2) is 0 Å². The van der Waals surface area contributed by atoms with Crippen LogP contribution in [-0.2, 0) is 11.3 Å². The van der Waals surface area contributed by atoms with Crippen molar-refractivity contribution in [2.45, 2.75) is 20.4 Å². The molecule has 0 saturated heterocycles. The second-order valence-corrected chi connectivity index (χ2v) is 3.79. The molecule has 0 aliphatic heterocycles. The van der Waals surface area contributed by atoms with Crippen molar-refractivity contribution < 1.29 is 14.7 Å². The van der Waals surface area contributed by atoms with Crippen molar-refractivity contribution in [2.75, 3.05) is 13.1 Å². The van der Waals surface area contributed by atoms with Crippen LogP contribution in [0.3, 0.4) is 0 Å². The molecule has 0 amide bonds. The molecule has 0 spiro atoms. The van der Waals surface area contributed by atoms with Crippen LogP contribution in [0.1, 0.15) is 29.8 Å². The summed E-state index contributed by atoms with van der Waals surface area (Å²) in [5, 5.41) is 8.57. The molecule has 4 heteroatoms. The summed E-state index contributed by atoms with van der Waals surface area (Å²) in [6.45, 7) is 6.92. The highest BCUT2D eigenvalue weighted by molar-refractivity contribution is 6.39. The number of aliphatic carboxylic acids is 1. The van der Waals surface area contributed by atoms with Gasteiger partial charge in [-0.15, -0.1) is 0 Å². The smallest absolute Gasteiger partial charge is 0.377 e. The lowest BCUT2D eigenvalue weighted by atomic mass is 10.1. The lowest BCUT2D eigenvalue weighted by Crippen LogP contribution is -2.22. The summed E-state index contributed by atoms with van der Waals surface area (Å²) in [4.78, 5) is 23.9. The highest BCUT2D eigenvalue weighted by atomic mass is 16.4. The summed E-state index contributed by atoms with van der Waals surface area (Å²) in [6, 6.07) is 6.73. The molecule has 92 valence electrons. The predicted molar refractivity (Wildman–Crippen MR) is 65.0 cm³/mol. The molecule has 0 atom stereocenters. The average Bonchev–Trinajstić information content (AvgIpc) is 2.35. The van der Waals surface area contributed by atoms with Gasteiger partial charge in [-0.05, 0) is 18.7 Å². The highest BCUT2D eigenvalue weighted by Gasteiger charge is 2.13. The van der Waals surface area contributed by atoms with Gasteiger partial charge in [-0.25, -0.2) is 4.79 Å². The van der Waals surface area contributed by atoms with Crippen LogP contribution in [0.5, 0.6) is 0 Å². The number of hydrogen-bond acceptors (Lipinski definition) is 3. The van der Waals surface area contributed by atoms with Crippen molar-refractivity contribution in [1.82, 2.24) is 4.90 Å². The standard InChI is InChI=1S/C13H17NO3/c1-3-14(4-2)9-10-5-7-11(8-6-10)12(15)13(16)17/h5-8H,3-4,9H2,1-2H3,(H,16,17). The fourth-order valence-electron chi connectivity index (χ4n) is 1.59. The van der Waals surface area contributed by atoms with Crippen molar-refractivity contribution in [2.24, 2.45) is 0 Å². The molecule has 0 aromatic heterocycles. The van der Waals surface area contributed by atoms with E-state index in [1.165, 1.54) is 0 Å². The Hall–Kier alpha value is -1.68. The zero-order chi connectivity index (χ0) is 12.8. The zero-order valence-electron chi connectivity index (χ0n) is 10.1. The molecular formula is C13H17NO3. The van der Waals surface area contributed by atoms with Gasteiger partial charge in [0.05, 0.1) is 0 Å². The second-order valence-electron chi connectivity index (χ2n) is 3.79. The first-order valence-electron chi connectivity index (χ1n) is 5.67. The molecule has 0 aliphatic carbocycles. The Morgan fingerprint density at radius 1 is 1.12 bits per heavy atom. The number of Topliss-reactive ketones (excluding diaryl/α,β-unsaturated/α-hetero) is 1. The van der Waals surface area contributed by atoms with Crippen molar-refractivity contribution in [3.05, 3.63) is 35.4 Å². The zero-order valence-corrected chi connectivity index (χ0v) is 10.1. The summed E-state index contributed by atoms with van der Waals surface area (Å²) in [5.41, 5.74) is 1.30. The van der Waals surface area contributed by atoms with Crippen molar-refractivity contribution in [3.8, 4) is 0 Å². The molecular weight excluding hydrogens is 218 g/mol. The third-order valence-electron chi connectivity index (χ3n) is 2.71. The van der Waals surface area contributed by atoms with E-state index in [0.717, 1.165) is 25.2 Å². The molecule has 0 radical (unpaired) electrons. The monoisotopic (exact) mass is 235 g/mol. The van der Waals surface area contributed by atoms with E-state index in [4.69, 9.17) is 5.11 Å². The molecule has 0 bridgehead atoms. The number of carbonyl (C=O) groups is 2. The van der Waals surface area contributed by atoms with Crippen LogP contribution >= 0.6 is 0 Å². The van der Waals surface area contributed by atoms with E-state index < -0.39 is 11.8 Å². The Bertz CT molecular complexity index is 394. The van der Waals surface area contributed by atoms with Crippen LogP contribution in [0.4, 0.5) is 0 Å². The number of carboxylic acids is 1. The van der Waals surface area contributed by atoms with E-state index in [0.29, 0.717) is 0 Å². The van der Waals surface area contributed by atoms with Gasteiger partial charge in [-0.1, -0.05) is 38.1 Å². The third-order valence-corrected chi connectivity index (χ3v) is 2.71. The number of ketones is 1. The number of nitrogens with zero attached hydrogens (tertiary/aromatic N) is 1. The molecule has 1 rings (SSSR count). The van der Waals surface area contributed by atoms with Crippen LogP contribution in [0.2, 0.25) is 0 Å². The molecule has 1 aromatic rings. The van der Waals surface area contributed by atoms with Crippen LogP contribution in [-0.4, -0.2) is 34.8 Å². The largest absolute Gasteiger partial charge is 0.475 e. The third kappa shape index (κ3) is 3.67. The Morgan fingerprint density at radius 3 is 2.06 bits per heavy atom. The summed E-state index contributed by atoms with van der Waals surface area (Å²) in [5.74, 6) is -2.28. The first-order valence-corrected chi connectivity index (χ1v) is 5.67. The van der Waals surface area contributed by atoms with Gasteiger partial charge < -0.3 is 5.11 Å². The Morgan fingerprint density at radius 2 is 1.65 bits per heavy atom. The molecule has 0 unspecified atom stereocenters. The van der Waals surface area contributed by atoms with Crippen molar-refractivity contribution >= 4 is 11.8 Å². The second kappa shape index (κ2) is 6.15. The normalized spacial score (nSPS) is 10.5. The fourth-order valence-corrected chi connectivity index (χ4v) is 1.59. The first kappa shape index (κ1) is 13.4. The number of benzene rings is 1. The van der Waals surface area contributed by atoms with Gasteiger partial charge in [-0.2, -0.15) is 0 Å². The lowest BCUT2D eigenvalue weighted by molar-refractivity contribution is -0.131. The lowest BCUT2D eigenvalue weighted by Gasteiger charge is -2.17. The Balaban J connectivity index is 2.74. The van der Waals surface area contributed by atoms with E-state index in [1.807, 2.05) is 0 Å². The molecule has 17 heavy (non-hydrogen) atoms. The van der Waals surface area contributed by atoms with Crippen LogP contribution in [0.25, 0.3) is 0 Å². The number of rotatable bonds is 6. The van der Waals surface area contributed by atoms with E-state index in [2.05, 4.69) is 18.7 Å². The highest BCUT2D eigenvalue weighted by Crippen LogP contribution is 2.08. The van der Waals surface area contributed by atoms with Gasteiger partial charge in [0, 0.05) is 12.1 Å². The van der Waals surface area contributed by atoms with Crippen LogP contribution in [0.15, 0.2) is 24.3 Å². The number of carboxylic acid groups (broad SMARTS) is 1. The molecule has 0 aliphatic rings. The maximum Gasteiger partial charge on any atom is 0.377 e. The number of hydrogen-bond donors (Lipinski definition) is 1. The van der Waals surface area contributed by atoms with Gasteiger partial charge in [0.25, 0.3) is 5.78 Å². The summed E-state index contributed by atoms with van der Waals surface area (Å²) in [6.07, 6.45) is 0. The first-order chi connectivity index (χ1) is 8.08. The molecule has 1 aromatic carbocycles. The molecule has 1 N–H and O–H groups in total. The maximum absolute atomic E-state index is 11.2. The van der Waals surface area contributed by atoms with Crippen LogP contribution < -0.4 is 0 Å². The topological polar surface area (TPSA) is 57.6 Å². The summed E-state index contributed by atoms with van der Waals surface area (Å²) < 4.78 is 0. The van der Waals surface area contributed by atoms with E-state index >= 15 is 0 Å². The fraction of sp³-hybridized carbons (Fsp3) is 0.385. The molecule has 0 fully saturated rings. The van der Waals surface area contributed by atoms with Gasteiger partial charge in [0.1, 0.15) is 0 Å². The molecule has 4 nitrogen and oxygen atoms in total. The van der Waals surface area contributed by atoms with Crippen molar-refractivity contribution in [1.29, 1.82) is 0 Å². The quantitative estimate of drug-likeness (QED) is 0.603. The van der Waals surface area contributed by atoms with E-state index in [-0.39, 0.29) is 5.56 Å².